The number of aromatic hydroxyl groups is 1. The quantitative estimate of drug-likeness (QED) is 0.246. The molecule has 0 spiro atoms. The Morgan fingerprint density at radius 2 is 1.43 bits per heavy atom. The topological polar surface area (TPSA) is 95.5 Å². The molecule has 0 radical (unpaired) electrons. The Balaban J connectivity index is 1.51. The first-order chi connectivity index (χ1) is 16.6. The molecule has 4 aromatic rings. The maximum absolute atomic E-state index is 13.1. The van der Waals surface area contributed by atoms with E-state index in [-0.39, 0.29) is 21.9 Å². The average Bonchev–Trinajstić information content (AvgIpc) is 2.80. The number of anilines is 2. The fraction of sp³-hybridized carbons (Fsp3) is 0. The van der Waals surface area contributed by atoms with Gasteiger partial charge in [0.1, 0.15) is 11.6 Å². The van der Waals surface area contributed by atoms with E-state index in [4.69, 9.17) is 23.2 Å². The third-order valence-electron chi connectivity index (χ3n) is 4.97. The lowest BCUT2D eigenvalue weighted by molar-refractivity contribution is 0.102. The molecule has 10 heteroatoms. The van der Waals surface area contributed by atoms with Crippen molar-refractivity contribution in [2.45, 2.75) is 4.90 Å². The first kappa shape index (κ1) is 24.5. The molecule has 4 aromatic carbocycles. The van der Waals surface area contributed by atoms with Crippen LogP contribution in [0.1, 0.15) is 10.4 Å². The van der Waals surface area contributed by atoms with Crippen LogP contribution < -0.4 is 10.0 Å². The minimum absolute atomic E-state index is 0.102. The second kappa shape index (κ2) is 9.95. The maximum atomic E-state index is 13.1. The largest absolute Gasteiger partial charge is 0.506 e. The van der Waals surface area contributed by atoms with Crippen LogP contribution in [-0.4, -0.2) is 19.4 Å². The van der Waals surface area contributed by atoms with Gasteiger partial charge in [-0.25, -0.2) is 12.8 Å². The predicted octanol–water partition coefficient (Wildman–Crippen LogP) is 6.56. The van der Waals surface area contributed by atoms with Crippen LogP contribution in [-0.2, 0) is 10.0 Å². The normalized spacial score (nSPS) is 11.2. The fourth-order valence-electron chi connectivity index (χ4n) is 3.25. The van der Waals surface area contributed by atoms with Gasteiger partial charge in [0.25, 0.3) is 15.9 Å². The highest BCUT2D eigenvalue weighted by molar-refractivity contribution is 7.92. The lowest BCUT2D eigenvalue weighted by Crippen LogP contribution is -2.15. The molecular weight excluding hydrogens is 514 g/mol. The number of nitrogens with one attached hydrogen (secondary N) is 2. The molecule has 35 heavy (non-hydrogen) atoms. The first-order valence-electron chi connectivity index (χ1n) is 10.1. The van der Waals surface area contributed by atoms with Crippen molar-refractivity contribution in [3.8, 4) is 16.9 Å². The Bertz CT molecular complexity index is 1490. The molecule has 4 rings (SSSR count). The summed E-state index contributed by atoms with van der Waals surface area (Å²) in [6.45, 7) is 0. The van der Waals surface area contributed by atoms with E-state index < -0.39 is 21.7 Å². The summed E-state index contributed by atoms with van der Waals surface area (Å²) in [6, 6.07) is 20.1. The smallest absolute Gasteiger partial charge is 0.262 e. The number of sulfonamides is 1. The Morgan fingerprint density at radius 3 is 2.06 bits per heavy atom. The number of halogens is 3. The molecule has 0 aliphatic carbocycles. The van der Waals surface area contributed by atoms with Crippen molar-refractivity contribution in [2.24, 2.45) is 0 Å². The van der Waals surface area contributed by atoms with Gasteiger partial charge in [-0.05, 0) is 83.9 Å². The fourth-order valence-corrected chi connectivity index (χ4v) is 4.84. The third-order valence-corrected chi connectivity index (χ3v) is 6.78. The minimum Gasteiger partial charge on any atom is -0.506 e. The number of benzene rings is 4. The molecular formula is C25H17Cl2FN2O4S. The summed E-state index contributed by atoms with van der Waals surface area (Å²) in [5.74, 6) is -1.49. The lowest BCUT2D eigenvalue weighted by Gasteiger charge is -2.12. The number of hydrogen-bond donors (Lipinski definition) is 3. The van der Waals surface area contributed by atoms with Crippen molar-refractivity contribution in [3.05, 3.63) is 106 Å². The van der Waals surface area contributed by atoms with Gasteiger partial charge in [0.05, 0.1) is 10.6 Å². The molecule has 0 bridgehead atoms. The third kappa shape index (κ3) is 5.92. The molecule has 0 aliphatic rings. The molecule has 0 aliphatic heterocycles. The summed E-state index contributed by atoms with van der Waals surface area (Å²) in [7, 11) is -4.12. The lowest BCUT2D eigenvalue weighted by atomic mass is 10.1. The molecule has 0 unspecified atom stereocenters. The van der Waals surface area contributed by atoms with Gasteiger partial charge < -0.3 is 10.4 Å². The summed E-state index contributed by atoms with van der Waals surface area (Å²) in [5.41, 5.74) is 2.06. The SMILES string of the molecule is O=C(Nc1ccc(-c2cc(Cl)cc(Cl)c2)cc1)c1ccc(O)c(NS(=O)(=O)c2ccc(F)cc2)c1. The Kier molecular flexibility index (Phi) is 6.98. The molecule has 0 aromatic heterocycles. The number of phenolic OH excluding ortho intramolecular Hbond substituents is 1. The zero-order chi connectivity index (χ0) is 25.2. The van der Waals surface area contributed by atoms with Crippen LogP contribution in [0.15, 0.2) is 89.8 Å². The summed E-state index contributed by atoms with van der Waals surface area (Å²) >= 11 is 12.1. The Labute approximate surface area is 211 Å². The molecule has 1 amide bonds. The van der Waals surface area contributed by atoms with Crippen LogP contribution in [0, 0.1) is 5.82 Å². The van der Waals surface area contributed by atoms with Crippen molar-refractivity contribution in [1.29, 1.82) is 0 Å². The summed E-state index contributed by atoms with van der Waals surface area (Å²) < 4.78 is 40.5. The van der Waals surface area contributed by atoms with E-state index in [1.807, 2.05) is 0 Å². The molecule has 178 valence electrons. The van der Waals surface area contributed by atoms with Crippen molar-refractivity contribution in [1.82, 2.24) is 0 Å². The van der Waals surface area contributed by atoms with Crippen LogP contribution in [0.2, 0.25) is 10.0 Å². The predicted molar refractivity (Wildman–Crippen MR) is 135 cm³/mol. The van der Waals surface area contributed by atoms with Crippen LogP contribution >= 0.6 is 23.2 Å². The van der Waals surface area contributed by atoms with Gasteiger partial charge in [0.15, 0.2) is 0 Å². The van der Waals surface area contributed by atoms with Crippen molar-refractivity contribution >= 4 is 50.5 Å². The standard InChI is InChI=1S/C25H17Cl2FN2O4S/c26-18-11-17(12-19(27)14-18)15-1-6-21(7-2-15)29-25(32)16-3-10-24(31)23(13-16)30-35(33,34)22-8-4-20(28)5-9-22/h1-14,30-31H,(H,29,32). The zero-order valence-corrected chi connectivity index (χ0v) is 20.1. The van der Waals surface area contributed by atoms with Crippen molar-refractivity contribution < 1.29 is 22.7 Å². The van der Waals surface area contributed by atoms with Gasteiger partial charge in [0.2, 0.25) is 0 Å². The summed E-state index contributed by atoms with van der Waals surface area (Å²) in [4.78, 5) is 12.5. The molecule has 0 fully saturated rings. The summed E-state index contributed by atoms with van der Waals surface area (Å²) in [6.07, 6.45) is 0. The zero-order valence-electron chi connectivity index (χ0n) is 17.8. The highest BCUT2D eigenvalue weighted by Gasteiger charge is 2.18. The molecule has 3 N–H and O–H groups in total. The van der Waals surface area contributed by atoms with E-state index in [0.717, 1.165) is 35.4 Å². The van der Waals surface area contributed by atoms with Gasteiger partial charge in [0, 0.05) is 21.3 Å². The van der Waals surface area contributed by atoms with Crippen LogP contribution in [0.5, 0.6) is 5.75 Å². The van der Waals surface area contributed by atoms with Crippen LogP contribution in [0.3, 0.4) is 0 Å². The number of phenols is 1. The summed E-state index contributed by atoms with van der Waals surface area (Å²) in [5, 5.41) is 13.8. The first-order valence-corrected chi connectivity index (χ1v) is 12.3. The van der Waals surface area contributed by atoms with Crippen molar-refractivity contribution in [2.75, 3.05) is 10.0 Å². The number of carbonyl (C=O) groups excluding carboxylic acids is 1. The Hall–Kier alpha value is -3.59. The molecule has 6 nitrogen and oxygen atoms in total. The van der Waals surface area contributed by atoms with E-state index in [0.29, 0.717) is 15.7 Å². The van der Waals surface area contributed by atoms with Crippen LogP contribution in [0.4, 0.5) is 15.8 Å². The number of carbonyl (C=O) groups is 1. The van der Waals surface area contributed by atoms with E-state index in [2.05, 4.69) is 10.0 Å². The molecule has 0 saturated heterocycles. The van der Waals surface area contributed by atoms with Gasteiger partial charge >= 0.3 is 0 Å². The van der Waals surface area contributed by atoms with E-state index in [9.17, 15) is 22.7 Å². The number of rotatable bonds is 6. The highest BCUT2D eigenvalue weighted by atomic mass is 35.5. The van der Waals surface area contributed by atoms with Gasteiger partial charge in [-0.2, -0.15) is 0 Å². The van der Waals surface area contributed by atoms with Gasteiger partial charge in [-0.15, -0.1) is 0 Å². The van der Waals surface area contributed by atoms with E-state index >= 15 is 0 Å². The van der Waals surface area contributed by atoms with E-state index in [1.165, 1.54) is 18.2 Å². The molecule has 0 heterocycles. The highest BCUT2D eigenvalue weighted by Crippen LogP contribution is 2.29. The average molecular weight is 531 g/mol. The van der Waals surface area contributed by atoms with Crippen LogP contribution in [0.25, 0.3) is 11.1 Å². The number of amides is 1. The maximum Gasteiger partial charge on any atom is 0.262 e. The molecule has 0 saturated carbocycles. The van der Waals surface area contributed by atoms with Gasteiger partial charge in [-0.1, -0.05) is 35.3 Å². The Morgan fingerprint density at radius 1 is 0.800 bits per heavy atom. The van der Waals surface area contributed by atoms with Crippen molar-refractivity contribution in [3.63, 3.8) is 0 Å². The van der Waals surface area contributed by atoms with Gasteiger partial charge in [-0.3, -0.25) is 9.52 Å². The number of hydrogen-bond acceptors (Lipinski definition) is 4. The minimum atomic E-state index is -4.12. The van der Waals surface area contributed by atoms with E-state index in [1.54, 1.807) is 42.5 Å². The second-order valence-electron chi connectivity index (χ2n) is 7.48. The monoisotopic (exact) mass is 530 g/mol. The molecule has 0 atom stereocenters. The second-order valence-corrected chi connectivity index (χ2v) is 10.0.